The molecule has 4 bridgehead atoms. The fourth-order valence-corrected chi connectivity index (χ4v) is 7.38. The van der Waals surface area contributed by atoms with Crippen LogP contribution in [0, 0.1) is 23.2 Å². The molecule has 0 atom stereocenters. The lowest BCUT2D eigenvalue weighted by Crippen LogP contribution is -2.47. The molecule has 0 spiro atoms. The molecule has 0 aliphatic heterocycles. The molecule has 0 amide bonds. The molecule has 8 rings (SSSR count). The maximum absolute atomic E-state index is 5.22. The Kier molecular flexibility index (Phi) is 2.96. The van der Waals surface area contributed by atoms with Crippen LogP contribution in [-0.2, 0) is 6.42 Å². The van der Waals surface area contributed by atoms with Gasteiger partial charge < -0.3 is 0 Å². The molecule has 4 aromatic rings. The molecule has 2 heterocycles. The molecular formula is C25H25N3. The fraction of sp³-hybridized carbons (Fsp3) is 0.440. The summed E-state index contributed by atoms with van der Waals surface area (Å²) >= 11 is 0. The maximum atomic E-state index is 5.22. The van der Waals surface area contributed by atoms with Crippen LogP contribution in [-0.4, -0.2) is 14.4 Å². The van der Waals surface area contributed by atoms with Crippen molar-refractivity contribution >= 4 is 27.6 Å². The van der Waals surface area contributed by atoms with Gasteiger partial charge in [-0.3, -0.25) is 4.40 Å². The highest BCUT2D eigenvalue weighted by molar-refractivity contribution is 5.96. The van der Waals surface area contributed by atoms with Crippen molar-refractivity contribution in [1.29, 1.82) is 0 Å². The number of fused-ring (bicyclic) bond motifs is 5. The minimum Gasteiger partial charge on any atom is -0.280 e. The standard InChI is InChI=1S/C25H25N3/c1-2-6-20-19(5-1)24-27-21-7-3-4-8-22(21)28(24)23(26-20)15-25-12-16-9-17(13-25)11-18(10-16)14-25/h1-8,16-18H,9-15H2. The quantitative estimate of drug-likeness (QED) is 0.448. The second-order valence-corrected chi connectivity index (χ2v) is 9.90. The number of hydrogen-bond donors (Lipinski definition) is 0. The lowest BCUT2D eigenvalue weighted by atomic mass is 9.49. The van der Waals surface area contributed by atoms with Gasteiger partial charge in [-0.25, -0.2) is 9.97 Å². The normalized spacial score (nSPS) is 31.4. The van der Waals surface area contributed by atoms with E-state index in [4.69, 9.17) is 9.97 Å². The average molecular weight is 367 g/mol. The molecule has 0 N–H and O–H groups in total. The van der Waals surface area contributed by atoms with Gasteiger partial charge >= 0.3 is 0 Å². The SMILES string of the molecule is c1ccc2c(c1)nc(CC13CC4CC(CC(C4)C1)C3)n1c3ccccc3nc21. The number of aromatic nitrogens is 3. The molecule has 2 aromatic heterocycles. The Balaban J connectivity index is 1.47. The van der Waals surface area contributed by atoms with Crippen LogP contribution in [0.5, 0.6) is 0 Å². The molecule has 4 fully saturated rings. The third-order valence-corrected chi connectivity index (χ3v) is 7.91. The maximum Gasteiger partial charge on any atom is 0.148 e. The summed E-state index contributed by atoms with van der Waals surface area (Å²) in [5.41, 5.74) is 4.92. The van der Waals surface area contributed by atoms with Gasteiger partial charge in [-0.15, -0.1) is 0 Å². The molecule has 2 aromatic carbocycles. The minimum atomic E-state index is 0.475. The molecule has 4 aliphatic rings. The van der Waals surface area contributed by atoms with Crippen LogP contribution in [0.3, 0.4) is 0 Å². The lowest BCUT2D eigenvalue weighted by Gasteiger charge is -2.56. The van der Waals surface area contributed by atoms with Crippen molar-refractivity contribution in [3.05, 3.63) is 54.4 Å². The van der Waals surface area contributed by atoms with Crippen molar-refractivity contribution in [1.82, 2.24) is 14.4 Å². The molecule has 140 valence electrons. The van der Waals surface area contributed by atoms with Gasteiger partial charge in [0.2, 0.25) is 0 Å². The van der Waals surface area contributed by atoms with Gasteiger partial charge in [-0.2, -0.15) is 0 Å². The van der Waals surface area contributed by atoms with E-state index in [2.05, 4.69) is 52.9 Å². The average Bonchev–Trinajstić information content (AvgIpc) is 3.07. The summed E-state index contributed by atoms with van der Waals surface area (Å²) in [7, 11) is 0. The van der Waals surface area contributed by atoms with Gasteiger partial charge in [0.1, 0.15) is 11.5 Å². The van der Waals surface area contributed by atoms with E-state index in [1.807, 2.05) is 0 Å². The van der Waals surface area contributed by atoms with Crippen LogP contribution in [0.15, 0.2) is 48.5 Å². The van der Waals surface area contributed by atoms with E-state index in [-0.39, 0.29) is 0 Å². The third kappa shape index (κ3) is 2.10. The highest BCUT2D eigenvalue weighted by Crippen LogP contribution is 2.61. The Labute approximate surface area is 164 Å². The zero-order chi connectivity index (χ0) is 18.3. The van der Waals surface area contributed by atoms with E-state index >= 15 is 0 Å². The molecule has 3 nitrogen and oxygen atoms in total. The lowest BCUT2D eigenvalue weighted by molar-refractivity contribution is -0.0532. The van der Waals surface area contributed by atoms with Gasteiger partial charge in [0.05, 0.1) is 16.6 Å². The third-order valence-electron chi connectivity index (χ3n) is 7.91. The largest absolute Gasteiger partial charge is 0.280 e. The van der Waals surface area contributed by atoms with Gasteiger partial charge in [-0.05, 0) is 86.0 Å². The van der Waals surface area contributed by atoms with Crippen LogP contribution >= 0.6 is 0 Å². The minimum absolute atomic E-state index is 0.475. The van der Waals surface area contributed by atoms with Crippen LogP contribution < -0.4 is 0 Å². The van der Waals surface area contributed by atoms with E-state index in [1.165, 1.54) is 49.9 Å². The smallest absolute Gasteiger partial charge is 0.148 e. The number of benzene rings is 2. The first kappa shape index (κ1) is 15.5. The highest BCUT2D eigenvalue weighted by atomic mass is 15.1. The van der Waals surface area contributed by atoms with Crippen LogP contribution in [0.4, 0.5) is 0 Å². The van der Waals surface area contributed by atoms with Crippen molar-refractivity contribution in [3.63, 3.8) is 0 Å². The summed E-state index contributed by atoms with van der Waals surface area (Å²) in [5.74, 6) is 4.15. The Hall–Kier alpha value is -2.42. The highest BCUT2D eigenvalue weighted by Gasteiger charge is 2.51. The first-order valence-corrected chi connectivity index (χ1v) is 10.9. The number of rotatable bonds is 2. The van der Waals surface area contributed by atoms with Gasteiger partial charge in [0, 0.05) is 11.8 Å². The summed E-state index contributed by atoms with van der Waals surface area (Å²) in [4.78, 5) is 10.2. The van der Waals surface area contributed by atoms with E-state index in [1.54, 1.807) is 0 Å². The first-order chi connectivity index (χ1) is 13.8. The van der Waals surface area contributed by atoms with Gasteiger partial charge in [0.15, 0.2) is 0 Å². The molecule has 3 heteroatoms. The van der Waals surface area contributed by atoms with Crippen molar-refractivity contribution in [2.24, 2.45) is 23.2 Å². The monoisotopic (exact) mass is 367 g/mol. The Morgan fingerprint density at radius 3 is 2.18 bits per heavy atom. The topological polar surface area (TPSA) is 30.2 Å². The summed E-state index contributed by atoms with van der Waals surface area (Å²) in [6, 6.07) is 17.1. The number of para-hydroxylation sites is 3. The Morgan fingerprint density at radius 1 is 0.786 bits per heavy atom. The summed E-state index contributed by atoms with van der Waals surface area (Å²) in [6.45, 7) is 0. The molecule has 4 aliphatic carbocycles. The van der Waals surface area contributed by atoms with E-state index in [0.29, 0.717) is 5.41 Å². The molecule has 0 saturated heterocycles. The Bertz CT molecular complexity index is 1200. The van der Waals surface area contributed by atoms with Crippen LogP contribution in [0.25, 0.3) is 27.6 Å². The number of nitrogens with zero attached hydrogens (tertiary/aromatic N) is 3. The summed E-state index contributed by atoms with van der Waals surface area (Å²) in [6.07, 6.45) is 9.85. The van der Waals surface area contributed by atoms with Crippen LogP contribution in [0.1, 0.15) is 44.3 Å². The van der Waals surface area contributed by atoms with Crippen molar-refractivity contribution in [2.75, 3.05) is 0 Å². The summed E-state index contributed by atoms with van der Waals surface area (Å²) < 4.78 is 2.37. The molecule has 0 radical (unpaired) electrons. The van der Waals surface area contributed by atoms with Crippen molar-refractivity contribution in [2.45, 2.75) is 44.9 Å². The number of hydrogen-bond acceptors (Lipinski definition) is 2. The van der Waals surface area contributed by atoms with Gasteiger partial charge in [0.25, 0.3) is 0 Å². The molecule has 4 saturated carbocycles. The first-order valence-electron chi connectivity index (χ1n) is 10.9. The van der Waals surface area contributed by atoms with Crippen molar-refractivity contribution < 1.29 is 0 Å². The fourth-order valence-electron chi connectivity index (χ4n) is 7.38. The number of imidazole rings is 1. The van der Waals surface area contributed by atoms with E-state index < -0.39 is 0 Å². The summed E-state index contributed by atoms with van der Waals surface area (Å²) in [5, 5.41) is 1.16. The van der Waals surface area contributed by atoms with E-state index in [0.717, 1.165) is 46.2 Å². The molecule has 0 unspecified atom stereocenters. The van der Waals surface area contributed by atoms with E-state index in [9.17, 15) is 0 Å². The molecular weight excluding hydrogens is 342 g/mol. The zero-order valence-electron chi connectivity index (χ0n) is 16.1. The van der Waals surface area contributed by atoms with Crippen molar-refractivity contribution in [3.8, 4) is 0 Å². The van der Waals surface area contributed by atoms with Crippen LogP contribution in [0.2, 0.25) is 0 Å². The predicted molar refractivity (Wildman–Crippen MR) is 112 cm³/mol. The molecule has 28 heavy (non-hydrogen) atoms. The zero-order valence-corrected chi connectivity index (χ0v) is 16.1. The second-order valence-electron chi connectivity index (χ2n) is 9.90. The predicted octanol–water partition coefficient (Wildman–Crippen LogP) is 5.79. The Morgan fingerprint density at radius 2 is 1.43 bits per heavy atom. The van der Waals surface area contributed by atoms with Gasteiger partial charge in [-0.1, -0.05) is 24.3 Å². The second kappa shape index (κ2) is 5.34.